The number of alkyl halides is 3. The van der Waals surface area contributed by atoms with Gasteiger partial charge in [0.2, 0.25) is 0 Å². The van der Waals surface area contributed by atoms with Crippen LogP contribution in [0, 0.1) is 0 Å². The number of hydrogen-bond acceptors (Lipinski definition) is 8. The molecule has 0 atom stereocenters. The summed E-state index contributed by atoms with van der Waals surface area (Å²) in [7, 11) is 0. The van der Waals surface area contributed by atoms with E-state index in [4.69, 9.17) is 9.26 Å². The first kappa shape index (κ1) is 29.0. The zero-order valence-electron chi connectivity index (χ0n) is 22.6. The van der Waals surface area contributed by atoms with Gasteiger partial charge in [0, 0.05) is 37.8 Å². The second kappa shape index (κ2) is 12.1. The third-order valence-electron chi connectivity index (χ3n) is 6.75. The fourth-order valence-corrected chi connectivity index (χ4v) is 4.76. The molecule has 2 heterocycles. The number of aromatic hydroxyl groups is 2. The van der Waals surface area contributed by atoms with Crippen LogP contribution in [-0.2, 0) is 11.3 Å². The maximum absolute atomic E-state index is 12.9. The van der Waals surface area contributed by atoms with E-state index in [9.17, 15) is 28.2 Å². The molecule has 3 N–H and O–H groups in total. The quantitative estimate of drug-likeness (QED) is 0.247. The number of benzene rings is 3. The number of ether oxygens (including phenoxy) is 2. The van der Waals surface area contributed by atoms with Crippen LogP contribution in [0.15, 0.2) is 65.2 Å². The Labute approximate surface area is 239 Å². The Kier molecular flexibility index (Phi) is 8.36. The summed E-state index contributed by atoms with van der Waals surface area (Å²) in [5.74, 6) is -1.49. The second-order valence-corrected chi connectivity index (χ2v) is 9.64. The number of phenols is 2. The molecule has 0 bridgehead atoms. The summed E-state index contributed by atoms with van der Waals surface area (Å²) in [6, 6.07) is 15.0. The van der Waals surface area contributed by atoms with Crippen molar-refractivity contribution in [3.63, 3.8) is 0 Å². The van der Waals surface area contributed by atoms with Crippen molar-refractivity contribution in [2.45, 2.75) is 19.8 Å². The Balaban J connectivity index is 1.53. The molecule has 1 aromatic heterocycles. The number of phenolic OH excluding ortho intramolecular Hbond substituents is 2. The van der Waals surface area contributed by atoms with Gasteiger partial charge >= 0.3 is 6.36 Å². The molecule has 4 aromatic rings. The van der Waals surface area contributed by atoms with Gasteiger partial charge in [-0.15, -0.1) is 13.2 Å². The minimum Gasteiger partial charge on any atom is -0.507 e. The summed E-state index contributed by atoms with van der Waals surface area (Å²) in [5, 5.41) is 28.1. The van der Waals surface area contributed by atoms with Gasteiger partial charge in [0.1, 0.15) is 17.2 Å². The molecule has 0 unspecified atom stereocenters. The van der Waals surface area contributed by atoms with E-state index in [-0.39, 0.29) is 34.1 Å². The first-order valence-corrected chi connectivity index (χ1v) is 13.2. The van der Waals surface area contributed by atoms with Gasteiger partial charge in [0.15, 0.2) is 11.5 Å². The third-order valence-corrected chi connectivity index (χ3v) is 6.75. The highest BCUT2D eigenvalue weighted by Gasteiger charge is 2.31. The van der Waals surface area contributed by atoms with Crippen molar-refractivity contribution < 1.29 is 42.2 Å². The largest absolute Gasteiger partial charge is 0.573 e. The Morgan fingerprint density at radius 1 is 0.976 bits per heavy atom. The molecule has 1 saturated heterocycles. The van der Waals surface area contributed by atoms with E-state index in [2.05, 4.69) is 20.1 Å². The van der Waals surface area contributed by atoms with Gasteiger partial charge in [0.25, 0.3) is 5.91 Å². The molecule has 1 aliphatic heterocycles. The van der Waals surface area contributed by atoms with Crippen LogP contribution in [0.4, 0.5) is 13.2 Å². The predicted molar refractivity (Wildman–Crippen MR) is 147 cm³/mol. The lowest BCUT2D eigenvalue weighted by Crippen LogP contribution is -2.35. The molecule has 0 saturated carbocycles. The van der Waals surface area contributed by atoms with E-state index in [1.165, 1.54) is 18.2 Å². The monoisotopic (exact) mass is 583 g/mol. The van der Waals surface area contributed by atoms with Gasteiger partial charge in [-0.05, 0) is 41.8 Å². The summed E-state index contributed by atoms with van der Waals surface area (Å²) in [6.45, 7) is 5.88. The molecular weight excluding hydrogens is 555 g/mol. The first-order valence-electron chi connectivity index (χ1n) is 13.2. The maximum atomic E-state index is 12.9. The number of amides is 1. The van der Waals surface area contributed by atoms with Crippen LogP contribution in [-0.4, -0.2) is 65.4 Å². The lowest BCUT2D eigenvalue weighted by atomic mass is 9.94. The summed E-state index contributed by atoms with van der Waals surface area (Å²) < 4.78 is 52.7. The molecule has 9 nitrogen and oxygen atoms in total. The number of halogens is 3. The van der Waals surface area contributed by atoms with Gasteiger partial charge in [-0.25, -0.2) is 0 Å². The fraction of sp³-hybridized carbons (Fsp3) is 0.267. The summed E-state index contributed by atoms with van der Waals surface area (Å²) >= 11 is 0. The average molecular weight is 584 g/mol. The minimum absolute atomic E-state index is 0.00968. The standard InChI is InChI=1S/C30H28F3N3O6/c1-2-34-29(39)27-26(20-5-3-18(4-6-20)17-36-11-13-40-14-12-36)28(42-35-27)23-15-22(24(37)16-25(23)38)19-7-9-21(10-8-19)41-30(31,32)33/h3-10,15-16,37-38H,2,11-14,17H2,1H3,(H,34,39). The molecule has 1 aliphatic rings. The van der Waals surface area contributed by atoms with Gasteiger partial charge in [-0.2, -0.15) is 0 Å². The van der Waals surface area contributed by atoms with Crippen molar-refractivity contribution >= 4 is 5.91 Å². The van der Waals surface area contributed by atoms with E-state index in [0.717, 1.165) is 43.4 Å². The number of carbonyl (C=O) groups excluding carboxylic acids is 1. The van der Waals surface area contributed by atoms with E-state index in [0.29, 0.717) is 36.4 Å². The van der Waals surface area contributed by atoms with Crippen LogP contribution in [0.5, 0.6) is 17.2 Å². The van der Waals surface area contributed by atoms with E-state index in [1.807, 2.05) is 24.3 Å². The van der Waals surface area contributed by atoms with Crippen LogP contribution < -0.4 is 10.1 Å². The van der Waals surface area contributed by atoms with E-state index >= 15 is 0 Å². The van der Waals surface area contributed by atoms with E-state index < -0.39 is 18.0 Å². The van der Waals surface area contributed by atoms with Crippen molar-refractivity contribution in [3.05, 3.63) is 71.9 Å². The van der Waals surface area contributed by atoms with Crippen LogP contribution >= 0.6 is 0 Å². The van der Waals surface area contributed by atoms with Gasteiger partial charge < -0.3 is 29.5 Å². The van der Waals surface area contributed by atoms with Crippen LogP contribution in [0.2, 0.25) is 0 Å². The summed E-state index contributed by atoms with van der Waals surface area (Å²) in [5.41, 5.74) is 2.68. The molecule has 0 spiro atoms. The zero-order chi connectivity index (χ0) is 29.9. The van der Waals surface area contributed by atoms with Crippen molar-refractivity contribution in [1.82, 2.24) is 15.4 Å². The number of morpholine rings is 1. The first-order chi connectivity index (χ1) is 20.1. The molecule has 42 heavy (non-hydrogen) atoms. The molecular formula is C30H28F3N3O6. The lowest BCUT2D eigenvalue weighted by Gasteiger charge is -2.26. The minimum atomic E-state index is -4.85. The molecule has 12 heteroatoms. The fourth-order valence-electron chi connectivity index (χ4n) is 4.76. The Morgan fingerprint density at radius 3 is 2.26 bits per heavy atom. The topological polar surface area (TPSA) is 117 Å². The predicted octanol–water partition coefficient (Wildman–Crippen LogP) is 5.57. The van der Waals surface area contributed by atoms with Crippen molar-refractivity contribution in [3.8, 4) is 50.8 Å². The van der Waals surface area contributed by atoms with Gasteiger partial charge in [-0.3, -0.25) is 9.69 Å². The Bertz CT molecular complexity index is 1550. The van der Waals surface area contributed by atoms with Crippen LogP contribution in [0.1, 0.15) is 23.0 Å². The molecule has 1 fully saturated rings. The molecule has 0 aliphatic carbocycles. The highest BCUT2D eigenvalue weighted by molar-refractivity contribution is 6.03. The van der Waals surface area contributed by atoms with Crippen molar-refractivity contribution in [2.75, 3.05) is 32.8 Å². The van der Waals surface area contributed by atoms with Crippen molar-refractivity contribution in [1.29, 1.82) is 0 Å². The van der Waals surface area contributed by atoms with Crippen LogP contribution in [0.25, 0.3) is 33.6 Å². The number of carbonyl (C=O) groups is 1. The molecule has 1 amide bonds. The Hall–Kier alpha value is -4.55. The number of rotatable bonds is 8. The highest BCUT2D eigenvalue weighted by Crippen LogP contribution is 2.44. The van der Waals surface area contributed by atoms with E-state index in [1.54, 1.807) is 6.92 Å². The average Bonchev–Trinajstić information content (AvgIpc) is 3.39. The number of aromatic nitrogens is 1. The van der Waals surface area contributed by atoms with Crippen molar-refractivity contribution in [2.24, 2.45) is 0 Å². The normalized spacial score (nSPS) is 14.1. The maximum Gasteiger partial charge on any atom is 0.573 e. The van der Waals surface area contributed by atoms with Gasteiger partial charge in [-0.1, -0.05) is 41.6 Å². The van der Waals surface area contributed by atoms with Crippen LogP contribution in [0.3, 0.4) is 0 Å². The number of nitrogens with one attached hydrogen (secondary N) is 1. The molecule has 220 valence electrons. The molecule has 3 aromatic carbocycles. The highest BCUT2D eigenvalue weighted by atomic mass is 19.4. The molecule has 5 rings (SSSR count). The third kappa shape index (κ3) is 6.50. The second-order valence-electron chi connectivity index (χ2n) is 9.64. The SMILES string of the molecule is CCNC(=O)c1noc(-c2cc(-c3ccc(OC(F)(F)F)cc3)c(O)cc2O)c1-c1ccc(CN2CCOCC2)cc1. The summed E-state index contributed by atoms with van der Waals surface area (Å²) in [4.78, 5) is 15.2. The zero-order valence-corrected chi connectivity index (χ0v) is 22.6. The Morgan fingerprint density at radius 2 is 1.62 bits per heavy atom. The molecule has 0 radical (unpaired) electrons. The number of hydrogen-bond donors (Lipinski definition) is 3. The summed E-state index contributed by atoms with van der Waals surface area (Å²) in [6.07, 6.45) is -4.85. The smallest absolute Gasteiger partial charge is 0.507 e. The van der Waals surface area contributed by atoms with Gasteiger partial charge in [0.05, 0.1) is 24.3 Å². The number of nitrogens with zero attached hydrogens (tertiary/aromatic N) is 2. The lowest BCUT2D eigenvalue weighted by molar-refractivity contribution is -0.274.